The van der Waals surface area contributed by atoms with E-state index in [0.29, 0.717) is 17.2 Å². The van der Waals surface area contributed by atoms with Crippen LogP contribution in [0.5, 0.6) is 0 Å². The van der Waals surface area contributed by atoms with Gasteiger partial charge in [0.15, 0.2) is 5.76 Å². The van der Waals surface area contributed by atoms with Crippen molar-refractivity contribution in [1.29, 1.82) is 0 Å². The lowest BCUT2D eigenvalue weighted by Crippen LogP contribution is -2.03. The van der Waals surface area contributed by atoms with Gasteiger partial charge in [-0.3, -0.25) is 9.98 Å². The van der Waals surface area contributed by atoms with Crippen LogP contribution in [-0.2, 0) is 0 Å². The van der Waals surface area contributed by atoms with Crippen molar-refractivity contribution in [1.82, 2.24) is 0 Å². The first-order valence-corrected chi connectivity index (χ1v) is 7.68. The standard InChI is InChI=1S/C19H15ClN2O/c1-21-17-11-12-23-19(17)18(22-13-20)16-9-7-15(8-10-16)14-5-3-2-4-6-14/h2-12H,1,13H2/b22-18-. The van der Waals surface area contributed by atoms with Crippen molar-refractivity contribution >= 4 is 29.7 Å². The molecule has 3 nitrogen and oxygen atoms in total. The summed E-state index contributed by atoms with van der Waals surface area (Å²) in [6.45, 7) is 3.56. The summed E-state index contributed by atoms with van der Waals surface area (Å²) in [5.41, 5.74) is 4.56. The van der Waals surface area contributed by atoms with Gasteiger partial charge in [-0.1, -0.05) is 54.6 Å². The van der Waals surface area contributed by atoms with E-state index in [4.69, 9.17) is 16.0 Å². The lowest BCUT2D eigenvalue weighted by atomic mass is 10.0. The van der Waals surface area contributed by atoms with Crippen LogP contribution in [0.25, 0.3) is 11.1 Å². The van der Waals surface area contributed by atoms with E-state index in [1.165, 1.54) is 5.56 Å². The Bertz CT molecular complexity index is 820. The molecule has 0 saturated carbocycles. The highest BCUT2D eigenvalue weighted by Crippen LogP contribution is 2.26. The minimum Gasteiger partial charge on any atom is -0.460 e. The molecule has 2 aromatic carbocycles. The highest BCUT2D eigenvalue weighted by Gasteiger charge is 2.15. The van der Waals surface area contributed by atoms with Crippen molar-refractivity contribution < 1.29 is 4.42 Å². The fourth-order valence-electron chi connectivity index (χ4n) is 2.41. The second kappa shape index (κ2) is 7.07. The summed E-state index contributed by atoms with van der Waals surface area (Å²) in [5.74, 6) is 0.577. The molecule has 0 saturated heterocycles. The summed E-state index contributed by atoms with van der Waals surface area (Å²) in [7, 11) is 0. The normalized spacial score (nSPS) is 11.4. The first-order chi connectivity index (χ1) is 11.3. The number of nitrogens with zero attached hydrogens (tertiary/aromatic N) is 2. The predicted molar refractivity (Wildman–Crippen MR) is 96.2 cm³/mol. The third kappa shape index (κ3) is 3.25. The monoisotopic (exact) mass is 322 g/mol. The van der Waals surface area contributed by atoms with Crippen LogP contribution in [0.2, 0.25) is 0 Å². The summed E-state index contributed by atoms with van der Waals surface area (Å²) in [6.07, 6.45) is 1.57. The molecule has 1 heterocycles. The zero-order valence-corrected chi connectivity index (χ0v) is 13.2. The summed E-state index contributed by atoms with van der Waals surface area (Å²) in [5, 5.41) is 0. The van der Waals surface area contributed by atoms with E-state index in [1.54, 1.807) is 12.3 Å². The molecule has 114 valence electrons. The quantitative estimate of drug-likeness (QED) is 0.356. The van der Waals surface area contributed by atoms with Crippen LogP contribution < -0.4 is 0 Å². The second-order valence-electron chi connectivity index (χ2n) is 4.86. The number of hydrogen-bond acceptors (Lipinski definition) is 3. The van der Waals surface area contributed by atoms with Gasteiger partial charge in [-0.15, -0.1) is 11.6 Å². The van der Waals surface area contributed by atoms with Gasteiger partial charge in [-0.25, -0.2) is 0 Å². The molecule has 0 aliphatic carbocycles. The maximum atomic E-state index is 5.81. The van der Waals surface area contributed by atoms with Crippen molar-refractivity contribution in [2.45, 2.75) is 0 Å². The van der Waals surface area contributed by atoms with E-state index in [-0.39, 0.29) is 6.00 Å². The zero-order valence-electron chi connectivity index (χ0n) is 12.4. The van der Waals surface area contributed by atoms with Crippen LogP contribution in [0.1, 0.15) is 11.3 Å². The van der Waals surface area contributed by atoms with E-state index in [0.717, 1.165) is 11.1 Å². The van der Waals surface area contributed by atoms with Gasteiger partial charge in [0, 0.05) is 11.6 Å². The number of furan rings is 1. The molecule has 0 unspecified atom stereocenters. The lowest BCUT2D eigenvalue weighted by Gasteiger charge is -2.07. The molecule has 0 fully saturated rings. The molecule has 1 aromatic heterocycles. The molecular weight excluding hydrogens is 308 g/mol. The second-order valence-corrected chi connectivity index (χ2v) is 5.10. The molecular formula is C19H15ClN2O. The maximum Gasteiger partial charge on any atom is 0.177 e. The number of halogens is 1. The number of rotatable bonds is 5. The summed E-state index contributed by atoms with van der Waals surface area (Å²) < 4.78 is 5.52. The van der Waals surface area contributed by atoms with Gasteiger partial charge >= 0.3 is 0 Å². The Hall–Kier alpha value is -2.65. The Morgan fingerprint density at radius 1 is 0.957 bits per heavy atom. The van der Waals surface area contributed by atoms with Gasteiger partial charge in [0.25, 0.3) is 0 Å². The average molecular weight is 323 g/mol. The van der Waals surface area contributed by atoms with Gasteiger partial charge in [-0.2, -0.15) is 0 Å². The largest absolute Gasteiger partial charge is 0.460 e. The van der Waals surface area contributed by atoms with E-state index in [1.807, 2.05) is 30.3 Å². The molecule has 0 N–H and O–H groups in total. The van der Waals surface area contributed by atoms with Gasteiger partial charge in [0.2, 0.25) is 0 Å². The molecule has 0 aliphatic rings. The minimum atomic E-state index is 0.146. The van der Waals surface area contributed by atoms with E-state index in [2.05, 4.69) is 41.0 Å². The third-order valence-electron chi connectivity index (χ3n) is 3.51. The predicted octanol–water partition coefficient (Wildman–Crippen LogP) is 5.31. The van der Waals surface area contributed by atoms with Crippen LogP contribution in [0.4, 0.5) is 5.69 Å². The van der Waals surface area contributed by atoms with Crippen molar-refractivity contribution in [3.8, 4) is 11.1 Å². The smallest absolute Gasteiger partial charge is 0.177 e. The molecule has 0 amide bonds. The van der Waals surface area contributed by atoms with Gasteiger partial charge in [-0.05, 0) is 17.8 Å². The molecule has 4 heteroatoms. The maximum absolute atomic E-state index is 5.81. The minimum absolute atomic E-state index is 0.146. The van der Waals surface area contributed by atoms with Gasteiger partial charge < -0.3 is 4.42 Å². The molecule has 3 rings (SSSR count). The number of benzene rings is 2. The number of alkyl halides is 1. The molecule has 0 spiro atoms. The molecule has 0 bridgehead atoms. The average Bonchev–Trinajstić information content (AvgIpc) is 3.09. The Kier molecular flexibility index (Phi) is 4.69. The molecule has 0 atom stereocenters. The highest BCUT2D eigenvalue weighted by molar-refractivity contribution is 6.20. The van der Waals surface area contributed by atoms with Gasteiger partial charge in [0.05, 0.1) is 6.26 Å². The Morgan fingerprint density at radius 2 is 1.65 bits per heavy atom. The van der Waals surface area contributed by atoms with E-state index >= 15 is 0 Å². The molecule has 0 aliphatic heterocycles. The molecule has 3 aromatic rings. The van der Waals surface area contributed by atoms with Gasteiger partial charge in [0.1, 0.15) is 17.4 Å². The van der Waals surface area contributed by atoms with E-state index in [9.17, 15) is 0 Å². The SMILES string of the molecule is C=Nc1ccoc1/C(=N\CCl)c1ccc(-c2ccccc2)cc1. The molecule has 23 heavy (non-hydrogen) atoms. The fraction of sp³-hybridized carbons (Fsp3) is 0.0526. The first-order valence-electron chi connectivity index (χ1n) is 7.14. The number of aliphatic imine (C=N–C) groups is 2. The van der Waals surface area contributed by atoms with Crippen LogP contribution in [0.3, 0.4) is 0 Å². The molecule has 0 radical (unpaired) electrons. The third-order valence-corrected chi connectivity index (χ3v) is 3.63. The van der Waals surface area contributed by atoms with Crippen molar-refractivity contribution in [2.75, 3.05) is 6.00 Å². The fourth-order valence-corrected chi connectivity index (χ4v) is 2.53. The van der Waals surface area contributed by atoms with Crippen LogP contribution in [-0.4, -0.2) is 18.4 Å². The topological polar surface area (TPSA) is 37.9 Å². The van der Waals surface area contributed by atoms with Crippen molar-refractivity contribution in [3.63, 3.8) is 0 Å². The van der Waals surface area contributed by atoms with Crippen molar-refractivity contribution in [2.24, 2.45) is 9.98 Å². The summed E-state index contributed by atoms with van der Waals surface area (Å²) >= 11 is 5.81. The summed E-state index contributed by atoms with van der Waals surface area (Å²) in [4.78, 5) is 8.31. The van der Waals surface area contributed by atoms with Crippen LogP contribution in [0, 0.1) is 0 Å². The summed E-state index contributed by atoms with van der Waals surface area (Å²) in [6, 6.07) is 20.2. The number of hydrogen-bond donors (Lipinski definition) is 0. The zero-order chi connectivity index (χ0) is 16.1. The Labute approximate surface area is 140 Å². The Morgan fingerprint density at radius 3 is 2.30 bits per heavy atom. The highest BCUT2D eigenvalue weighted by atomic mass is 35.5. The first kappa shape index (κ1) is 15.3. The van der Waals surface area contributed by atoms with E-state index < -0.39 is 0 Å². The van der Waals surface area contributed by atoms with Crippen LogP contribution in [0.15, 0.2) is 81.3 Å². The van der Waals surface area contributed by atoms with Crippen LogP contribution >= 0.6 is 11.6 Å². The lowest BCUT2D eigenvalue weighted by molar-refractivity contribution is 0.558. The Balaban J connectivity index is 1.99. The van der Waals surface area contributed by atoms with Crippen molar-refractivity contribution in [3.05, 3.63) is 78.3 Å².